The zero-order valence-corrected chi connectivity index (χ0v) is 13.0. The fourth-order valence-electron chi connectivity index (χ4n) is 2.37. The average molecular weight is 296 g/mol. The van der Waals surface area contributed by atoms with E-state index in [0.717, 1.165) is 11.2 Å². The molecule has 0 aliphatic carbocycles. The molecule has 0 aliphatic heterocycles. The van der Waals surface area contributed by atoms with Gasteiger partial charge in [0.2, 0.25) is 0 Å². The molecule has 1 aromatic heterocycles. The van der Waals surface area contributed by atoms with Crippen molar-refractivity contribution >= 4 is 28.5 Å². The lowest BCUT2D eigenvalue weighted by Crippen LogP contribution is -1.87. The summed E-state index contributed by atoms with van der Waals surface area (Å²) in [6, 6.07) is 17.2. The number of aryl methyl sites for hydroxylation is 1. The lowest BCUT2D eigenvalue weighted by atomic mass is 10.1. The molecule has 2 aromatic carbocycles. The summed E-state index contributed by atoms with van der Waals surface area (Å²) in [5, 5.41) is 1.23. The molecule has 0 unspecified atom stereocenters. The Morgan fingerprint density at radius 3 is 2.67 bits per heavy atom. The van der Waals surface area contributed by atoms with E-state index in [1.54, 1.807) is 11.9 Å². The quantitative estimate of drug-likeness (QED) is 0.577. The van der Waals surface area contributed by atoms with Crippen LogP contribution in [0.2, 0.25) is 0 Å². The Kier molecular flexibility index (Phi) is 4.51. The number of hydrogen-bond donors (Lipinski definition) is 2. The maximum absolute atomic E-state index is 3.43. The highest BCUT2D eigenvalue weighted by molar-refractivity contribution is 8.00. The Labute approximate surface area is 130 Å². The van der Waals surface area contributed by atoms with Gasteiger partial charge >= 0.3 is 0 Å². The summed E-state index contributed by atoms with van der Waals surface area (Å²) in [6.45, 7) is 2.23. The first-order valence-electron chi connectivity index (χ1n) is 7.44. The summed E-state index contributed by atoms with van der Waals surface area (Å²) >= 11 is 1.66. The number of para-hydroxylation sites is 1. The van der Waals surface area contributed by atoms with Crippen molar-refractivity contribution in [2.45, 2.75) is 31.1 Å². The van der Waals surface area contributed by atoms with E-state index in [1.807, 2.05) is 12.3 Å². The van der Waals surface area contributed by atoms with Crippen molar-refractivity contribution in [1.29, 1.82) is 0 Å². The maximum Gasteiger partial charge on any atom is 0.0699 e. The molecule has 0 spiro atoms. The topological polar surface area (TPSA) is 27.8 Å². The molecule has 0 aliphatic rings. The first-order chi connectivity index (χ1) is 10.4. The van der Waals surface area contributed by atoms with Crippen LogP contribution in [0.15, 0.2) is 59.6 Å². The fraction of sp³-hybridized carbons (Fsp3) is 0.222. The van der Waals surface area contributed by atoms with Crippen LogP contribution in [0, 0.1) is 0 Å². The Balaban J connectivity index is 1.64. The van der Waals surface area contributed by atoms with Gasteiger partial charge in [0.15, 0.2) is 0 Å². The van der Waals surface area contributed by atoms with E-state index in [1.165, 1.54) is 35.1 Å². The molecular formula is C18H20N2S. The summed E-state index contributed by atoms with van der Waals surface area (Å²) in [7, 11) is 0. The molecule has 0 saturated heterocycles. The van der Waals surface area contributed by atoms with E-state index in [-0.39, 0.29) is 0 Å². The lowest BCUT2D eigenvalue weighted by molar-refractivity contribution is 0.794. The van der Waals surface area contributed by atoms with Crippen LogP contribution in [0.4, 0.5) is 5.69 Å². The largest absolute Gasteiger partial charge is 0.359 e. The zero-order chi connectivity index (χ0) is 14.5. The second kappa shape index (κ2) is 6.72. The fourth-order valence-corrected chi connectivity index (χ4v) is 3.04. The predicted octanol–water partition coefficient (Wildman–Crippen LogP) is 5.63. The third kappa shape index (κ3) is 3.42. The predicted molar refractivity (Wildman–Crippen MR) is 92.8 cm³/mol. The molecule has 1 heterocycles. The Morgan fingerprint density at radius 1 is 1.05 bits per heavy atom. The Hall–Kier alpha value is -1.87. The average Bonchev–Trinajstić information content (AvgIpc) is 2.95. The minimum absolute atomic E-state index is 1.13. The number of aromatic nitrogens is 1. The monoisotopic (exact) mass is 296 g/mol. The molecule has 108 valence electrons. The van der Waals surface area contributed by atoms with Gasteiger partial charge in [0.1, 0.15) is 0 Å². The van der Waals surface area contributed by atoms with Crippen molar-refractivity contribution in [3.05, 3.63) is 60.3 Å². The number of benzene rings is 2. The molecule has 3 heteroatoms. The van der Waals surface area contributed by atoms with Gasteiger partial charge in [-0.25, -0.2) is 0 Å². The zero-order valence-electron chi connectivity index (χ0n) is 12.2. The third-order valence-corrected chi connectivity index (χ3v) is 4.44. The van der Waals surface area contributed by atoms with Gasteiger partial charge in [-0.05, 0) is 48.6 Å². The number of nitrogens with one attached hydrogen (secondary N) is 2. The van der Waals surface area contributed by atoms with Crippen LogP contribution in [-0.2, 0) is 6.42 Å². The first kappa shape index (κ1) is 14.1. The van der Waals surface area contributed by atoms with Crippen LogP contribution >= 0.6 is 11.9 Å². The van der Waals surface area contributed by atoms with Crippen LogP contribution in [0.25, 0.3) is 10.9 Å². The summed E-state index contributed by atoms with van der Waals surface area (Å²) in [6.07, 6.45) is 5.71. The molecule has 2 N–H and O–H groups in total. The van der Waals surface area contributed by atoms with E-state index in [0.29, 0.717) is 0 Å². The minimum atomic E-state index is 1.13. The van der Waals surface area contributed by atoms with E-state index >= 15 is 0 Å². The summed E-state index contributed by atoms with van der Waals surface area (Å²) in [4.78, 5) is 4.52. The van der Waals surface area contributed by atoms with Crippen molar-refractivity contribution in [1.82, 2.24) is 4.98 Å². The Bertz CT molecular complexity index is 701. The van der Waals surface area contributed by atoms with E-state index in [4.69, 9.17) is 0 Å². The molecule has 0 atom stereocenters. The lowest BCUT2D eigenvalue weighted by Gasteiger charge is -2.05. The van der Waals surface area contributed by atoms with Crippen LogP contribution < -0.4 is 4.72 Å². The molecule has 21 heavy (non-hydrogen) atoms. The molecule has 0 bridgehead atoms. The standard InChI is InChI=1S/C18H20N2S/c1-2-3-6-14-9-11-15(12-10-14)21-20-18-13-19-17-8-5-4-7-16(17)18/h4-5,7-13,19-20H,2-3,6H2,1H3. The molecule has 2 nitrogen and oxygen atoms in total. The van der Waals surface area contributed by atoms with Crippen LogP contribution in [-0.4, -0.2) is 4.98 Å². The highest BCUT2D eigenvalue weighted by Crippen LogP contribution is 2.28. The van der Waals surface area contributed by atoms with Gasteiger partial charge in [-0.1, -0.05) is 43.7 Å². The van der Waals surface area contributed by atoms with Crippen LogP contribution in [0.5, 0.6) is 0 Å². The number of anilines is 1. The molecular weight excluding hydrogens is 276 g/mol. The molecule has 0 amide bonds. The number of aromatic amines is 1. The van der Waals surface area contributed by atoms with Crippen molar-refractivity contribution in [2.24, 2.45) is 0 Å². The van der Waals surface area contributed by atoms with Gasteiger partial charge in [0.25, 0.3) is 0 Å². The summed E-state index contributed by atoms with van der Waals surface area (Å²) < 4.78 is 3.43. The summed E-state index contributed by atoms with van der Waals surface area (Å²) in [5.74, 6) is 0. The van der Waals surface area contributed by atoms with Gasteiger partial charge in [0, 0.05) is 22.0 Å². The number of unbranched alkanes of at least 4 members (excludes halogenated alkanes) is 1. The maximum atomic E-state index is 3.43. The minimum Gasteiger partial charge on any atom is -0.359 e. The number of hydrogen-bond acceptors (Lipinski definition) is 2. The van der Waals surface area contributed by atoms with Gasteiger partial charge in [0.05, 0.1) is 5.69 Å². The molecule has 0 fully saturated rings. The summed E-state index contributed by atoms with van der Waals surface area (Å²) in [5.41, 5.74) is 3.72. The van der Waals surface area contributed by atoms with Gasteiger partial charge in [-0.15, -0.1) is 0 Å². The van der Waals surface area contributed by atoms with Crippen molar-refractivity contribution in [3.63, 3.8) is 0 Å². The van der Waals surface area contributed by atoms with Crippen molar-refractivity contribution in [2.75, 3.05) is 4.72 Å². The van der Waals surface area contributed by atoms with E-state index in [9.17, 15) is 0 Å². The molecule has 3 rings (SSSR count). The van der Waals surface area contributed by atoms with Crippen LogP contribution in [0.3, 0.4) is 0 Å². The van der Waals surface area contributed by atoms with Crippen LogP contribution in [0.1, 0.15) is 25.3 Å². The van der Waals surface area contributed by atoms with Crippen molar-refractivity contribution in [3.8, 4) is 0 Å². The SMILES string of the molecule is CCCCc1ccc(SNc2c[nH]c3ccccc23)cc1. The highest BCUT2D eigenvalue weighted by atomic mass is 32.2. The molecule has 3 aromatic rings. The van der Waals surface area contributed by atoms with E-state index in [2.05, 4.69) is 59.1 Å². The molecule has 0 radical (unpaired) electrons. The second-order valence-electron chi connectivity index (χ2n) is 5.20. The van der Waals surface area contributed by atoms with Gasteiger partial charge < -0.3 is 9.71 Å². The smallest absolute Gasteiger partial charge is 0.0699 e. The number of rotatable bonds is 6. The van der Waals surface area contributed by atoms with E-state index < -0.39 is 0 Å². The number of H-pyrrole nitrogens is 1. The Morgan fingerprint density at radius 2 is 1.86 bits per heavy atom. The normalized spacial score (nSPS) is 10.9. The molecule has 0 saturated carbocycles. The van der Waals surface area contributed by atoms with Crippen molar-refractivity contribution < 1.29 is 0 Å². The number of fused-ring (bicyclic) bond motifs is 1. The second-order valence-corrected chi connectivity index (χ2v) is 6.08. The van der Waals surface area contributed by atoms with Gasteiger partial charge in [-0.2, -0.15) is 0 Å². The third-order valence-electron chi connectivity index (χ3n) is 3.61. The first-order valence-corrected chi connectivity index (χ1v) is 8.26. The van der Waals surface area contributed by atoms with Gasteiger partial charge in [-0.3, -0.25) is 0 Å². The highest BCUT2D eigenvalue weighted by Gasteiger charge is 2.03.